The fraction of sp³-hybridized carbons (Fsp3) is 0.731. The van der Waals surface area contributed by atoms with Gasteiger partial charge in [0.05, 0.1) is 0 Å². The number of unbranched alkanes of at least 4 members (excludes halogenated alkanes) is 1. The van der Waals surface area contributed by atoms with Crippen LogP contribution in [0, 0.1) is 11.3 Å². The molecule has 32 heavy (non-hydrogen) atoms. The summed E-state index contributed by atoms with van der Waals surface area (Å²) in [6.07, 6.45) is 12.2. The van der Waals surface area contributed by atoms with Crippen molar-refractivity contribution in [2.24, 2.45) is 16.3 Å². The van der Waals surface area contributed by atoms with Gasteiger partial charge >= 0.3 is 0 Å². The molecule has 0 aromatic rings. The molecule has 0 aromatic heterocycles. The third kappa shape index (κ3) is 7.58. The van der Waals surface area contributed by atoms with Crippen LogP contribution in [0.2, 0.25) is 0 Å². The standard InChI is InChI=1S/C26H44N4O2/c1-7-8-13-16-30(6)18-20-17-21(19-14-11-9-10-12-15-19)28-22(20)24(31)29-23(25(32)27-5)26(2,3)4/h7,19,23H,1,8-18H2,2-6H3,(H,27,32)(H,29,31). The average molecular weight is 445 g/mol. The van der Waals surface area contributed by atoms with Crippen molar-refractivity contribution in [3.05, 3.63) is 23.9 Å². The fourth-order valence-electron chi connectivity index (χ4n) is 4.68. The largest absolute Gasteiger partial charge is 0.357 e. The molecule has 1 atom stereocenters. The van der Waals surface area contributed by atoms with Crippen molar-refractivity contribution in [3.63, 3.8) is 0 Å². The lowest BCUT2D eigenvalue weighted by molar-refractivity contribution is -0.129. The number of carbonyl (C=O) groups is 2. The molecule has 1 aliphatic heterocycles. The molecule has 1 aliphatic carbocycles. The van der Waals surface area contributed by atoms with Crippen molar-refractivity contribution in [2.75, 3.05) is 27.2 Å². The van der Waals surface area contributed by atoms with Gasteiger partial charge in [0.1, 0.15) is 11.7 Å². The fourth-order valence-corrected chi connectivity index (χ4v) is 4.68. The predicted molar refractivity (Wildman–Crippen MR) is 133 cm³/mol. The van der Waals surface area contributed by atoms with Crippen molar-refractivity contribution >= 4 is 17.5 Å². The van der Waals surface area contributed by atoms with E-state index in [1.165, 1.54) is 44.2 Å². The number of rotatable bonds is 10. The maximum Gasteiger partial charge on any atom is 0.270 e. The smallest absolute Gasteiger partial charge is 0.270 e. The Balaban J connectivity index is 2.23. The predicted octanol–water partition coefficient (Wildman–Crippen LogP) is 4.23. The summed E-state index contributed by atoms with van der Waals surface area (Å²) in [5.41, 5.74) is 2.37. The van der Waals surface area contributed by atoms with E-state index in [0.717, 1.165) is 37.9 Å². The van der Waals surface area contributed by atoms with Crippen LogP contribution in [0.4, 0.5) is 0 Å². The summed E-state index contributed by atoms with van der Waals surface area (Å²) in [7, 11) is 3.70. The van der Waals surface area contributed by atoms with Crippen LogP contribution in [0.15, 0.2) is 28.9 Å². The number of likely N-dealkylation sites (N-methyl/N-ethyl adjacent to an activating group) is 2. The van der Waals surface area contributed by atoms with Gasteiger partial charge < -0.3 is 15.5 Å². The first kappa shape index (κ1) is 26.3. The second-order valence-electron chi connectivity index (χ2n) is 10.5. The second-order valence-corrected chi connectivity index (χ2v) is 10.5. The Morgan fingerprint density at radius 1 is 1.22 bits per heavy atom. The molecule has 2 aliphatic rings. The summed E-state index contributed by atoms with van der Waals surface area (Å²) in [6.45, 7) is 11.4. The first-order valence-corrected chi connectivity index (χ1v) is 12.3. The van der Waals surface area contributed by atoms with Crippen LogP contribution < -0.4 is 10.6 Å². The van der Waals surface area contributed by atoms with Gasteiger partial charge in [-0.15, -0.1) is 6.58 Å². The minimum atomic E-state index is -0.615. The SMILES string of the molecule is C=CCCCN(C)CC1=C(C(=O)NC(C(=O)NC)C(C)(C)C)N=C(C2CCCCCC2)C1. The van der Waals surface area contributed by atoms with Gasteiger partial charge in [0.2, 0.25) is 5.91 Å². The maximum absolute atomic E-state index is 13.4. The van der Waals surface area contributed by atoms with Gasteiger partial charge in [-0.2, -0.15) is 0 Å². The summed E-state index contributed by atoms with van der Waals surface area (Å²) in [5, 5.41) is 5.68. The van der Waals surface area contributed by atoms with Crippen molar-refractivity contribution in [3.8, 4) is 0 Å². The zero-order valence-electron chi connectivity index (χ0n) is 20.9. The molecular weight excluding hydrogens is 400 g/mol. The Kier molecular flexibility index (Phi) is 10.1. The van der Waals surface area contributed by atoms with Gasteiger partial charge in [-0.3, -0.25) is 14.6 Å². The number of nitrogens with one attached hydrogen (secondary N) is 2. The Bertz CT molecular complexity index is 725. The normalized spacial score (nSPS) is 18.9. The summed E-state index contributed by atoms with van der Waals surface area (Å²) in [6, 6.07) is -0.615. The molecule has 0 spiro atoms. The molecule has 6 nitrogen and oxygen atoms in total. The Labute approximate surface area is 195 Å². The van der Waals surface area contributed by atoms with Gasteiger partial charge in [-0.25, -0.2) is 0 Å². The number of hydrogen-bond donors (Lipinski definition) is 2. The highest BCUT2D eigenvalue weighted by atomic mass is 16.2. The molecule has 1 heterocycles. The molecule has 1 unspecified atom stereocenters. The van der Waals surface area contributed by atoms with E-state index in [2.05, 4.69) is 29.2 Å². The van der Waals surface area contributed by atoms with Crippen LogP contribution in [-0.2, 0) is 9.59 Å². The summed E-state index contributed by atoms with van der Waals surface area (Å²) in [5.74, 6) is 0.0633. The first-order valence-electron chi connectivity index (χ1n) is 12.3. The van der Waals surface area contributed by atoms with Gasteiger partial charge in [-0.1, -0.05) is 52.5 Å². The Hall–Kier alpha value is -1.95. The molecular formula is C26H44N4O2. The maximum atomic E-state index is 13.4. The van der Waals surface area contributed by atoms with Crippen LogP contribution in [0.5, 0.6) is 0 Å². The van der Waals surface area contributed by atoms with Crippen molar-refractivity contribution in [1.29, 1.82) is 0 Å². The minimum absolute atomic E-state index is 0.180. The van der Waals surface area contributed by atoms with Crippen LogP contribution in [0.3, 0.4) is 0 Å². The number of carbonyl (C=O) groups excluding carboxylic acids is 2. The van der Waals surface area contributed by atoms with Crippen LogP contribution in [0.25, 0.3) is 0 Å². The van der Waals surface area contributed by atoms with Crippen molar-refractivity contribution in [2.45, 2.75) is 84.6 Å². The Morgan fingerprint density at radius 2 is 1.88 bits per heavy atom. The van der Waals surface area contributed by atoms with E-state index in [0.29, 0.717) is 11.6 Å². The highest BCUT2D eigenvalue weighted by Gasteiger charge is 2.35. The summed E-state index contributed by atoms with van der Waals surface area (Å²) >= 11 is 0. The lowest BCUT2D eigenvalue weighted by Crippen LogP contribution is -2.53. The van der Waals surface area contributed by atoms with Crippen LogP contribution in [0.1, 0.15) is 78.6 Å². The van der Waals surface area contributed by atoms with Gasteiger partial charge in [-0.05, 0) is 56.2 Å². The molecule has 0 bridgehead atoms. The van der Waals surface area contributed by atoms with E-state index >= 15 is 0 Å². The van der Waals surface area contributed by atoms with Crippen LogP contribution in [-0.4, -0.2) is 55.7 Å². The molecule has 2 N–H and O–H groups in total. The third-order valence-electron chi connectivity index (χ3n) is 6.59. The van der Waals surface area contributed by atoms with Crippen molar-refractivity contribution in [1.82, 2.24) is 15.5 Å². The molecule has 2 amide bonds. The van der Waals surface area contributed by atoms with E-state index in [1.807, 2.05) is 26.8 Å². The highest BCUT2D eigenvalue weighted by molar-refractivity contribution is 6.04. The van der Waals surface area contributed by atoms with Crippen LogP contribution >= 0.6 is 0 Å². The quantitative estimate of drug-likeness (QED) is 0.301. The molecule has 0 saturated heterocycles. The van der Waals surface area contributed by atoms with E-state index in [1.54, 1.807) is 7.05 Å². The van der Waals surface area contributed by atoms with Gasteiger partial charge in [0.15, 0.2) is 0 Å². The number of nitrogens with zero attached hydrogens (tertiary/aromatic N) is 2. The third-order valence-corrected chi connectivity index (χ3v) is 6.59. The van der Waals surface area contributed by atoms with E-state index < -0.39 is 11.5 Å². The highest BCUT2D eigenvalue weighted by Crippen LogP contribution is 2.32. The number of amides is 2. The lowest BCUT2D eigenvalue weighted by Gasteiger charge is -2.30. The first-order chi connectivity index (χ1) is 15.2. The van der Waals surface area contributed by atoms with E-state index in [4.69, 9.17) is 4.99 Å². The summed E-state index contributed by atoms with van der Waals surface area (Å²) in [4.78, 5) is 33.0. The van der Waals surface area contributed by atoms with E-state index in [-0.39, 0.29) is 11.8 Å². The Morgan fingerprint density at radius 3 is 2.44 bits per heavy atom. The summed E-state index contributed by atoms with van der Waals surface area (Å²) < 4.78 is 0. The van der Waals surface area contributed by atoms with E-state index in [9.17, 15) is 9.59 Å². The molecule has 2 rings (SSSR count). The zero-order valence-corrected chi connectivity index (χ0v) is 20.9. The number of hydrogen-bond acceptors (Lipinski definition) is 4. The second kappa shape index (κ2) is 12.3. The van der Waals surface area contributed by atoms with Gasteiger partial charge in [0, 0.05) is 25.7 Å². The monoisotopic (exact) mass is 444 g/mol. The number of allylic oxidation sites excluding steroid dienone is 1. The molecule has 0 radical (unpaired) electrons. The lowest BCUT2D eigenvalue weighted by atomic mass is 9.86. The minimum Gasteiger partial charge on any atom is -0.357 e. The van der Waals surface area contributed by atoms with Gasteiger partial charge in [0.25, 0.3) is 5.91 Å². The average Bonchev–Trinajstić information content (AvgIpc) is 2.96. The molecule has 6 heteroatoms. The number of aliphatic imine (C=N–C) groups is 1. The zero-order chi connectivity index (χ0) is 23.7. The molecule has 1 fully saturated rings. The molecule has 1 saturated carbocycles. The molecule has 0 aromatic carbocycles. The molecule has 180 valence electrons. The van der Waals surface area contributed by atoms with Crippen molar-refractivity contribution < 1.29 is 9.59 Å². The topological polar surface area (TPSA) is 73.8 Å².